The van der Waals surface area contributed by atoms with Crippen LogP contribution >= 0.6 is 15.9 Å². The second kappa shape index (κ2) is 6.56. The van der Waals surface area contributed by atoms with Gasteiger partial charge >= 0.3 is 5.97 Å². The van der Waals surface area contributed by atoms with Gasteiger partial charge in [-0.05, 0) is 35.0 Å². The average molecular weight is 339 g/mol. The maximum absolute atomic E-state index is 11.8. The Kier molecular flexibility index (Phi) is 4.79. The van der Waals surface area contributed by atoms with Crippen molar-refractivity contribution in [2.24, 2.45) is 7.05 Å². The number of aryl methyl sites for hydroxylation is 1. The Morgan fingerprint density at radius 3 is 2.85 bits per heavy atom. The largest absolute Gasteiger partial charge is 0.486 e. The number of nitrogens with zero attached hydrogens (tertiary/aromatic N) is 2. The molecule has 0 saturated heterocycles. The molecule has 106 valence electrons. The van der Waals surface area contributed by atoms with Crippen LogP contribution in [0.25, 0.3) is 0 Å². The highest BCUT2D eigenvalue weighted by molar-refractivity contribution is 9.10. The van der Waals surface area contributed by atoms with E-state index in [0.29, 0.717) is 23.6 Å². The molecule has 0 unspecified atom stereocenters. The summed E-state index contributed by atoms with van der Waals surface area (Å²) >= 11 is 3.41. The van der Waals surface area contributed by atoms with Gasteiger partial charge in [-0.15, -0.1) is 0 Å². The first kappa shape index (κ1) is 14.6. The molecule has 0 bridgehead atoms. The van der Waals surface area contributed by atoms with Crippen molar-refractivity contribution in [2.45, 2.75) is 13.5 Å². The van der Waals surface area contributed by atoms with Crippen LogP contribution in [0.15, 0.2) is 34.9 Å². The van der Waals surface area contributed by atoms with E-state index in [-0.39, 0.29) is 12.6 Å². The van der Waals surface area contributed by atoms with Gasteiger partial charge in [-0.3, -0.25) is 4.68 Å². The first-order valence-corrected chi connectivity index (χ1v) is 6.98. The summed E-state index contributed by atoms with van der Waals surface area (Å²) in [6.07, 6.45) is 1.50. The Hall–Kier alpha value is -1.82. The quantitative estimate of drug-likeness (QED) is 0.786. The molecule has 0 saturated carbocycles. The van der Waals surface area contributed by atoms with Crippen LogP contribution in [-0.2, 0) is 18.4 Å². The van der Waals surface area contributed by atoms with Crippen LogP contribution in [0.4, 0.5) is 0 Å². The third-order valence-electron chi connectivity index (χ3n) is 2.76. The van der Waals surface area contributed by atoms with Crippen LogP contribution in [-0.4, -0.2) is 22.4 Å². The number of carbonyl (C=O) groups is 1. The lowest BCUT2D eigenvalue weighted by molar-refractivity contribution is 0.0523. The van der Waals surface area contributed by atoms with E-state index in [2.05, 4.69) is 21.0 Å². The lowest BCUT2D eigenvalue weighted by Gasteiger charge is -2.09. The van der Waals surface area contributed by atoms with Gasteiger partial charge in [-0.2, -0.15) is 5.10 Å². The number of hydrogen-bond acceptors (Lipinski definition) is 4. The first-order valence-electron chi connectivity index (χ1n) is 6.18. The molecule has 20 heavy (non-hydrogen) atoms. The summed E-state index contributed by atoms with van der Waals surface area (Å²) in [4.78, 5) is 11.8. The van der Waals surface area contributed by atoms with Crippen LogP contribution in [0.1, 0.15) is 23.0 Å². The summed E-state index contributed by atoms with van der Waals surface area (Å²) < 4.78 is 13.2. The lowest BCUT2D eigenvalue weighted by atomic mass is 10.2. The Morgan fingerprint density at radius 1 is 1.40 bits per heavy atom. The zero-order valence-corrected chi connectivity index (χ0v) is 12.9. The Labute approximate surface area is 125 Å². The topological polar surface area (TPSA) is 53.3 Å². The molecular formula is C14H15BrN2O3. The summed E-state index contributed by atoms with van der Waals surface area (Å²) in [5.74, 6) is 0.329. The van der Waals surface area contributed by atoms with Crippen LogP contribution in [0.5, 0.6) is 5.75 Å². The van der Waals surface area contributed by atoms with Crippen LogP contribution in [0.3, 0.4) is 0 Å². The zero-order chi connectivity index (χ0) is 14.5. The molecule has 1 aromatic carbocycles. The number of para-hydroxylation sites is 1. The van der Waals surface area contributed by atoms with Gasteiger partial charge in [0.2, 0.25) is 0 Å². The molecule has 5 nitrogen and oxygen atoms in total. The number of hydrogen-bond donors (Lipinski definition) is 0. The maximum atomic E-state index is 11.8. The Morgan fingerprint density at radius 2 is 2.15 bits per heavy atom. The second-order valence-corrected chi connectivity index (χ2v) is 4.92. The number of halogens is 1. The zero-order valence-electron chi connectivity index (χ0n) is 11.3. The van der Waals surface area contributed by atoms with Gasteiger partial charge in [-0.25, -0.2) is 4.79 Å². The molecule has 0 aliphatic rings. The SMILES string of the molecule is CCOC(=O)c1cnn(C)c1COc1ccccc1Br. The lowest BCUT2D eigenvalue weighted by Crippen LogP contribution is -2.11. The minimum Gasteiger partial charge on any atom is -0.486 e. The highest BCUT2D eigenvalue weighted by Crippen LogP contribution is 2.25. The van der Waals surface area contributed by atoms with Crippen LogP contribution in [0, 0.1) is 0 Å². The molecule has 0 fully saturated rings. The van der Waals surface area contributed by atoms with E-state index in [9.17, 15) is 4.79 Å². The third-order valence-corrected chi connectivity index (χ3v) is 3.41. The summed E-state index contributed by atoms with van der Waals surface area (Å²) in [6, 6.07) is 7.54. The molecule has 0 atom stereocenters. The molecular weight excluding hydrogens is 324 g/mol. The van der Waals surface area contributed by atoms with Crippen molar-refractivity contribution >= 4 is 21.9 Å². The molecule has 0 N–H and O–H groups in total. The van der Waals surface area contributed by atoms with E-state index < -0.39 is 0 Å². The van der Waals surface area contributed by atoms with E-state index in [1.54, 1.807) is 18.7 Å². The molecule has 0 amide bonds. The molecule has 0 aliphatic heterocycles. The molecule has 2 aromatic rings. The van der Waals surface area contributed by atoms with Crippen molar-refractivity contribution in [2.75, 3.05) is 6.61 Å². The molecule has 1 aromatic heterocycles. The molecule has 0 radical (unpaired) electrons. The molecule has 6 heteroatoms. The summed E-state index contributed by atoms with van der Waals surface area (Å²) in [6.45, 7) is 2.34. The van der Waals surface area contributed by atoms with Crippen molar-refractivity contribution in [3.63, 3.8) is 0 Å². The molecule has 0 spiro atoms. The molecule has 0 aliphatic carbocycles. The Balaban J connectivity index is 2.15. The van der Waals surface area contributed by atoms with Gasteiger partial charge in [0.25, 0.3) is 0 Å². The molecule has 2 rings (SSSR count). The van der Waals surface area contributed by atoms with Gasteiger partial charge in [0.05, 0.1) is 23.0 Å². The van der Waals surface area contributed by atoms with Gasteiger partial charge in [0, 0.05) is 7.05 Å². The highest BCUT2D eigenvalue weighted by Gasteiger charge is 2.17. The summed E-state index contributed by atoms with van der Waals surface area (Å²) in [5.41, 5.74) is 1.11. The molecule has 1 heterocycles. The Bertz CT molecular complexity index is 610. The second-order valence-electron chi connectivity index (χ2n) is 4.07. The van der Waals surface area contributed by atoms with Crippen LogP contribution in [0.2, 0.25) is 0 Å². The van der Waals surface area contributed by atoms with Crippen molar-refractivity contribution in [1.82, 2.24) is 9.78 Å². The third kappa shape index (κ3) is 3.19. The number of carbonyl (C=O) groups excluding carboxylic acids is 1. The summed E-state index contributed by atoms with van der Waals surface area (Å²) in [5, 5.41) is 4.08. The van der Waals surface area contributed by atoms with E-state index >= 15 is 0 Å². The van der Waals surface area contributed by atoms with Crippen LogP contribution < -0.4 is 4.74 Å². The minimum atomic E-state index is -0.383. The van der Waals surface area contributed by atoms with E-state index in [1.165, 1.54) is 6.20 Å². The predicted molar refractivity (Wildman–Crippen MR) is 77.6 cm³/mol. The van der Waals surface area contributed by atoms with Gasteiger partial charge in [0.15, 0.2) is 0 Å². The predicted octanol–water partition coefficient (Wildman–Crippen LogP) is 2.94. The smallest absolute Gasteiger partial charge is 0.341 e. The first-order chi connectivity index (χ1) is 9.63. The minimum absolute atomic E-state index is 0.243. The van der Waals surface area contributed by atoms with Gasteiger partial charge < -0.3 is 9.47 Å². The number of ether oxygens (including phenoxy) is 2. The monoisotopic (exact) mass is 338 g/mol. The fourth-order valence-electron chi connectivity index (χ4n) is 1.72. The standard InChI is InChI=1S/C14H15BrN2O3/c1-3-19-14(18)10-8-16-17(2)12(10)9-20-13-7-5-4-6-11(13)15/h4-8H,3,9H2,1-2H3. The van der Waals surface area contributed by atoms with Crippen molar-refractivity contribution in [3.8, 4) is 5.75 Å². The van der Waals surface area contributed by atoms with Gasteiger partial charge in [-0.1, -0.05) is 12.1 Å². The number of rotatable bonds is 5. The van der Waals surface area contributed by atoms with Gasteiger partial charge in [0.1, 0.15) is 17.9 Å². The fourth-order valence-corrected chi connectivity index (χ4v) is 2.12. The van der Waals surface area contributed by atoms with Crippen molar-refractivity contribution in [3.05, 3.63) is 46.2 Å². The van der Waals surface area contributed by atoms with E-state index in [4.69, 9.17) is 9.47 Å². The van der Waals surface area contributed by atoms with Crippen molar-refractivity contribution < 1.29 is 14.3 Å². The number of aromatic nitrogens is 2. The van der Waals surface area contributed by atoms with Crippen molar-refractivity contribution in [1.29, 1.82) is 0 Å². The summed E-state index contributed by atoms with van der Waals surface area (Å²) in [7, 11) is 1.77. The number of benzene rings is 1. The normalized spacial score (nSPS) is 10.3. The average Bonchev–Trinajstić information content (AvgIpc) is 2.79. The number of esters is 1. The van der Waals surface area contributed by atoms with E-state index in [0.717, 1.165) is 4.47 Å². The highest BCUT2D eigenvalue weighted by atomic mass is 79.9. The maximum Gasteiger partial charge on any atom is 0.341 e. The fraction of sp³-hybridized carbons (Fsp3) is 0.286. The van der Waals surface area contributed by atoms with E-state index in [1.807, 2.05) is 24.3 Å².